The molecule has 1 aliphatic rings. The quantitative estimate of drug-likeness (QED) is 0.906. The van der Waals surface area contributed by atoms with E-state index in [0.717, 1.165) is 37.2 Å². The summed E-state index contributed by atoms with van der Waals surface area (Å²) >= 11 is 0. The molecule has 4 heteroatoms. The number of amides is 2. The van der Waals surface area contributed by atoms with E-state index in [9.17, 15) is 4.79 Å². The largest absolute Gasteiger partial charge is 0.348 e. The Balaban J connectivity index is 1.81. The van der Waals surface area contributed by atoms with Crippen LogP contribution in [0.2, 0.25) is 0 Å². The van der Waals surface area contributed by atoms with Crippen molar-refractivity contribution in [1.82, 2.24) is 9.47 Å². The van der Waals surface area contributed by atoms with E-state index >= 15 is 0 Å². The summed E-state index contributed by atoms with van der Waals surface area (Å²) in [6.07, 6.45) is 4.16. The lowest BCUT2D eigenvalue weighted by Gasteiger charge is -2.37. The van der Waals surface area contributed by atoms with Crippen LogP contribution < -0.4 is 5.32 Å². The molecule has 0 radical (unpaired) electrons. The van der Waals surface area contributed by atoms with E-state index in [1.165, 1.54) is 5.69 Å². The number of fused-ring (bicyclic) bond motifs is 1. The summed E-state index contributed by atoms with van der Waals surface area (Å²) in [6, 6.07) is 12.3. The fourth-order valence-electron chi connectivity index (χ4n) is 3.18. The van der Waals surface area contributed by atoms with Crippen molar-refractivity contribution in [2.75, 3.05) is 11.9 Å². The van der Waals surface area contributed by atoms with Crippen LogP contribution in [0.1, 0.15) is 37.1 Å². The molecule has 0 saturated carbocycles. The van der Waals surface area contributed by atoms with Gasteiger partial charge in [0, 0.05) is 30.7 Å². The number of benzene rings is 1. The van der Waals surface area contributed by atoms with Crippen LogP contribution in [0, 0.1) is 6.92 Å². The standard InChI is InChI=1S/C18H23N3O/c1-3-7-17-16-10-6-11-20(16)12-13-21(17)18(22)19-15-9-5-4-8-14(15)2/h4-6,8-11,17H,3,7,12-13H2,1-2H3,(H,19,22)/t17-/m0/s1. The van der Waals surface area contributed by atoms with Crippen LogP contribution in [-0.2, 0) is 6.54 Å². The van der Waals surface area contributed by atoms with Gasteiger partial charge in [0.1, 0.15) is 0 Å². The number of nitrogens with one attached hydrogen (secondary N) is 1. The second kappa shape index (κ2) is 6.26. The van der Waals surface area contributed by atoms with Crippen molar-refractivity contribution in [3.63, 3.8) is 0 Å². The molecule has 116 valence electrons. The van der Waals surface area contributed by atoms with E-state index in [0.29, 0.717) is 0 Å². The van der Waals surface area contributed by atoms with Gasteiger partial charge in [0.25, 0.3) is 0 Å². The fraction of sp³-hybridized carbons (Fsp3) is 0.389. The summed E-state index contributed by atoms with van der Waals surface area (Å²) < 4.78 is 2.26. The van der Waals surface area contributed by atoms with E-state index in [1.54, 1.807) is 0 Å². The van der Waals surface area contributed by atoms with Gasteiger partial charge >= 0.3 is 6.03 Å². The van der Waals surface area contributed by atoms with Crippen molar-refractivity contribution in [2.24, 2.45) is 0 Å². The Kier molecular flexibility index (Phi) is 4.18. The van der Waals surface area contributed by atoms with Gasteiger partial charge < -0.3 is 14.8 Å². The van der Waals surface area contributed by atoms with Crippen LogP contribution in [0.25, 0.3) is 0 Å². The maximum absolute atomic E-state index is 12.7. The summed E-state index contributed by atoms with van der Waals surface area (Å²) in [6.45, 7) is 5.80. The second-order valence-electron chi connectivity index (χ2n) is 5.87. The van der Waals surface area contributed by atoms with Crippen LogP contribution in [0.4, 0.5) is 10.5 Å². The molecule has 1 N–H and O–H groups in total. The minimum Gasteiger partial charge on any atom is -0.348 e. The summed E-state index contributed by atoms with van der Waals surface area (Å²) in [4.78, 5) is 14.7. The smallest absolute Gasteiger partial charge is 0.322 e. The average Bonchev–Trinajstić information content (AvgIpc) is 2.99. The first-order valence-electron chi connectivity index (χ1n) is 7.99. The zero-order valence-corrected chi connectivity index (χ0v) is 13.2. The number of rotatable bonds is 3. The van der Waals surface area contributed by atoms with Crippen molar-refractivity contribution in [3.05, 3.63) is 53.9 Å². The van der Waals surface area contributed by atoms with Crippen LogP contribution in [0.5, 0.6) is 0 Å². The highest BCUT2D eigenvalue weighted by Gasteiger charge is 2.30. The lowest BCUT2D eigenvalue weighted by molar-refractivity contribution is 0.163. The van der Waals surface area contributed by atoms with Crippen molar-refractivity contribution in [3.8, 4) is 0 Å². The molecule has 3 rings (SSSR count). The molecule has 0 saturated heterocycles. The van der Waals surface area contributed by atoms with Gasteiger partial charge in [0.15, 0.2) is 0 Å². The molecule has 0 spiro atoms. The highest BCUT2D eigenvalue weighted by Crippen LogP contribution is 2.30. The summed E-state index contributed by atoms with van der Waals surface area (Å²) in [5.74, 6) is 0. The molecule has 1 aliphatic heterocycles. The minimum atomic E-state index is 0.000185. The van der Waals surface area contributed by atoms with Gasteiger partial charge in [-0.1, -0.05) is 31.5 Å². The normalized spacial score (nSPS) is 17.2. The van der Waals surface area contributed by atoms with Crippen LogP contribution in [0.15, 0.2) is 42.6 Å². The molecule has 0 aliphatic carbocycles. The van der Waals surface area contributed by atoms with E-state index < -0.39 is 0 Å². The zero-order valence-electron chi connectivity index (χ0n) is 13.2. The molecule has 0 bridgehead atoms. The lowest BCUT2D eigenvalue weighted by Crippen LogP contribution is -2.44. The Morgan fingerprint density at radius 2 is 2.05 bits per heavy atom. The molecule has 2 aromatic rings. The fourth-order valence-corrected chi connectivity index (χ4v) is 3.18. The van der Waals surface area contributed by atoms with Crippen molar-refractivity contribution in [2.45, 2.75) is 39.3 Å². The minimum absolute atomic E-state index is 0.000185. The predicted molar refractivity (Wildman–Crippen MR) is 89.0 cm³/mol. The van der Waals surface area contributed by atoms with Crippen LogP contribution in [0.3, 0.4) is 0 Å². The van der Waals surface area contributed by atoms with Crippen LogP contribution >= 0.6 is 0 Å². The third-order valence-corrected chi connectivity index (χ3v) is 4.37. The van der Waals surface area contributed by atoms with E-state index in [-0.39, 0.29) is 12.1 Å². The number of nitrogens with zero attached hydrogens (tertiary/aromatic N) is 2. The molecule has 22 heavy (non-hydrogen) atoms. The van der Waals surface area contributed by atoms with E-state index in [1.807, 2.05) is 36.1 Å². The Labute approximate surface area is 131 Å². The number of aromatic nitrogens is 1. The molecule has 4 nitrogen and oxygen atoms in total. The summed E-state index contributed by atoms with van der Waals surface area (Å²) in [5, 5.41) is 3.07. The average molecular weight is 297 g/mol. The first-order chi connectivity index (χ1) is 10.7. The molecule has 0 fully saturated rings. The number of hydrogen-bond acceptors (Lipinski definition) is 1. The van der Waals surface area contributed by atoms with Gasteiger partial charge in [-0.15, -0.1) is 0 Å². The van der Waals surface area contributed by atoms with Gasteiger partial charge in [-0.2, -0.15) is 0 Å². The summed E-state index contributed by atoms with van der Waals surface area (Å²) in [5.41, 5.74) is 3.22. The van der Waals surface area contributed by atoms with E-state index in [4.69, 9.17) is 0 Å². The molecule has 1 aromatic carbocycles. The topological polar surface area (TPSA) is 37.3 Å². The summed E-state index contributed by atoms with van der Waals surface area (Å²) in [7, 11) is 0. The number of anilines is 1. The third kappa shape index (κ3) is 2.73. The predicted octanol–water partition coefficient (Wildman–Crippen LogP) is 4.19. The van der Waals surface area contributed by atoms with E-state index in [2.05, 4.69) is 35.1 Å². The first kappa shape index (κ1) is 14.7. The number of aryl methyl sites for hydroxylation is 1. The number of urea groups is 1. The lowest BCUT2D eigenvalue weighted by atomic mass is 10.0. The molecule has 1 aromatic heterocycles. The van der Waals surface area contributed by atoms with Gasteiger partial charge in [0.05, 0.1) is 6.04 Å². The SMILES string of the molecule is CCC[C@H]1c2cccn2CCN1C(=O)Nc1ccccc1C. The molecular weight excluding hydrogens is 274 g/mol. The van der Waals surface area contributed by atoms with Gasteiger partial charge in [-0.25, -0.2) is 4.79 Å². The maximum Gasteiger partial charge on any atom is 0.322 e. The third-order valence-electron chi connectivity index (χ3n) is 4.37. The zero-order chi connectivity index (χ0) is 15.5. The Morgan fingerprint density at radius 1 is 1.23 bits per heavy atom. The Bertz CT molecular complexity index is 662. The Morgan fingerprint density at radius 3 is 2.82 bits per heavy atom. The Hall–Kier alpha value is -2.23. The second-order valence-corrected chi connectivity index (χ2v) is 5.87. The number of carbonyl (C=O) groups is 1. The van der Waals surface area contributed by atoms with Crippen molar-refractivity contribution >= 4 is 11.7 Å². The van der Waals surface area contributed by atoms with Crippen LogP contribution in [-0.4, -0.2) is 22.0 Å². The highest BCUT2D eigenvalue weighted by atomic mass is 16.2. The number of para-hydroxylation sites is 1. The molecular formula is C18H23N3O. The molecule has 1 atom stereocenters. The highest BCUT2D eigenvalue weighted by molar-refractivity contribution is 5.90. The molecule has 2 heterocycles. The molecule has 0 unspecified atom stereocenters. The van der Waals surface area contributed by atoms with Gasteiger partial charge in [-0.3, -0.25) is 0 Å². The number of carbonyl (C=O) groups excluding carboxylic acids is 1. The van der Waals surface area contributed by atoms with Crippen molar-refractivity contribution < 1.29 is 4.79 Å². The van der Waals surface area contributed by atoms with Gasteiger partial charge in [0.2, 0.25) is 0 Å². The number of hydrogen-bond donors (Lipinski definition) is 1. The monoisotopic (exact) mass is 297 g/mol. The van der Waals surface area contributed by atoms with Crippen molar-refractivity contribution in [1.29, 1.82) is 0 Å². The first-order valence-corrected chi connectivity index (χ1v) is 7.99. The van der Waals surface area contributed by atoms with Gasteiger partial charge in [-0.05, 0) is 37.1 Å². The molecule has 2 amide bonds. The maximum atomic E-state index is 12.7.